The predicted octanol–water partition coefficient (Wildman–Crippen LogP) is 2.74. The molecule has 0 bridgehead atoms. The number of nitriles is 1. The molecule has 0 aliphatic rings. The van der Waals surface area contributed by atoms with Crippen LogP contribution < -0.4 is 10.1 Å². The molecule has 5 nitrogen and oxygen atoms in total. The van der Waals surface area contributed by atoms with Crippen molar-refractivity contribution in [3.05, 3.63) is 65.2 Å². The number of aryl methyl sites for hydroxylation is 1. The van der Waals surface area contributed by atoms with Crippen LogP contribution in [0.15, 0.2) is 48.5 Å². The summed E-state index contributed by atoms with van der Waals surface area (Å²) in [5.41, 5.74) is 2.39. The lowest BCUT2D eigenvalue weighted by atomic mass is 10.0. The Balaban J connectivity index is 2.04. The van der Waals surface area contributed by atoms with E-state index in [1.807, 2.05) is 30.3 Å². The number of aliphatic hydroxyl groups is 1. The van der Waals surface area contributed by atoms with Crippen LogP contribution in [0.2, 0.25) is 0 Å². The third-order valence-corrected chi connectivity index (χ3v) is 3.97. The van der Waals surface area contributed by atoms with Crippen molar-refractivity contribution in [2.24, 2.45) is 0 Å². The number of para-hydroxylation sites is 1. The number of aliphatic hydroxyl groups excluding tert-OH is 1. The Kier molecular flexibility index (Phi) is 6.55. The lowest BCUT2D eigenvalue weighted by molar-refractivity contribution is -0.128. The second kappa shape index (κ2) is 8.86. The number of rotatable bonds is 7. The molecular formula is C20H22N2O3. The summed E-state index contributed by atoms with van der Waals surface area (Å²) in [6.45, 7) is 3.47. The molecule has 0 saturated carbocycles. The van der Waals surface area contributed by atoms with Crippen molar-refractivity contribution in [3.8, 4) is 11.8 Å². The smallest absolute Gasteiger partial charge is 0.261 e. The van der Waals surface area contributed by atoms with E-state index in [0.29, 0.717) is 11.3 Å². The van der Waals surface area contributed by atoms with Gasteiger partial charge in [-0.2, -0.15) is 5.26 Å². The number of ether oxygens (including phenoxy) is 1. The highest BCUT2D eigenvalue weighted by molar-refractivity contribution is 5.81. The molecule has 2 aromatic rings. The molecule has 0 spiro atoms. The second-order valence-corrected chi connectivity index (χ2v) is 5.71. The van der Waals surface area contributed by atoms with E-state index in [1.165, 1.54) is 5.56 Å². The highest BCUT2D eigenvalue weighted by Gasteiger charge is 2.20. The average Bonchev–Trinajstić information content (AvgIpc) is 2.66. The van der Waals surface area contributed by atoms with Gasteiger partial charge in [0.2, 0.25) is 0 Å². The topological polar surface area (TPSA) is 82.3 Å². The van der Waals surface area contributed by atoms with E-state index in [-0.39, 0.29) is 12.5 Å². The molecule has 2 aromatic carbocycles. The van der Waals surface area contributed by atoms with Crippen molar-refractivity contribution >= 4 is 5.91 Å². The molecule has 0 fully saturated rings. The molecule has 0 saturated heterocycles. The minimum Gasteiger partial charge on any atom is -0.480 e. The standard InChI is InChI=1S/C20H22N2O3/c1-3-15-8-10-16(11-9-15)18(13-23)22-20(24)14(2)25-19-7-5-4-6-17(19)12-21/h4-11,14,18,23H,3,13H2,1-2H3,(H,22,24). The van der Waals surface area contributed by atoms with Crippen molar-refractivity contribution in [1.29, 1.82) is 5.26 Å². The summed E-state index contributed by atoms with van der Waals surface area (Å²) in [6, 6.07) is 16.0. The van der Waals surface area contributed by atoms with Crippen LogP contribution in [0.1, 0.15) is 36.6 Å². The van der Waals surface area contributed by atoms with Gasteiger partial charge in [0.25, 0.3) is 5.91 Å². The van der Waals surface area contributed by atoms with Gasteiger partial charge in [-0.25, -0.2) is 0 Å². The van der Waals surface area contributed by atoms with Gasteiger partial charge in [-0.15, -0.1) is 0 Å². The molecule has 5 heteroatoms. The van der Waals surface area contributed by atoms with Gasteiger partial charge in [-0.1, -0.05) is 43.3 Å². The lowest BCUT2D eigenvalue weighted by Gasteiger charge is -2.21. The van der Waals surface area contributed by atoms with Gasteiger partial charge in [0.05, 0.1) is 18.2 Å². The van der Waals surface area contributed by atoms with Crippen LogP contribution in [0.4, 0.5) is 0 Å². The first kappa shape index (κ1) is 18.5. The zero-order valence-corrected chi connectivity index (χ0v) is 14.4. The Morgan fingerprint density at radius 3 is 2.52 bits per heavy atom. The van der Waals surface area contributed by atoms with Gasteiger partial charge in [0.15, 0.2) is 6.10 Å². The van der Waals surface area contributed by atoms with E-state index < -0.39 is 12.1 Å². The van der Waals surface area contributed by atoms with Crippen molar-refractivity contribution in [2.75, 3.05) is 6.61 Å². The number of benzene rings is 2. The van der Waals surface area contributed by atoms with Gasteiger partial charge < -0.3 is 15.2 Å². The third-order valence-electron chi connectivity index (χ3n) is 3.97. The molecule has 2 unspecified atom stereocenters. The first-order chi connectivity index (χ1) is 12.1. The minimum absolute atomic E-state index is 0.210. The number of carbonyl (C=O) groups excluding carboxylic acids is 1. The summed E-state index contributed by atoms with van der Waals surface area (Å²) in [4.78, 5) is 12.4. The van der Waals surface area contributed by atoms with Crippen LogP contribution in [0.25, 0.3) is 0 Å². The van der Waals surface area contributed by atoms with Crippen molar-refractivity contribution in [1.82, 2.24) is 5.32 Å². The number of amides is 1. The zero-order chi connectivity index (χ0) is 18.2. The summed E-state index contributed by atoms with van der Waals surface area (Å²) in [6.07, 6.45) is 0.137. The van der Waals surface area contributed by atoms with E-state index in [2.05, 4.69) is 12.2 Å². The highest BCUT2D eigenvalue weighted by Crippen LogP contribution is 2.19. The SMILES string of the molecule is CCc1ccc(C(CO)NC(=O)C(C)Oc2ccccc2C#N)cc1. The first-order valence-corrected chi connectivity index (χ1v) is 8.24. The lowest BCUT2D eigenvalue weighted by Crippen LogP contribution is -2.39. The molecule has 1 amide bonds. The normalized spacial score (nSPS) is 12.7. The molecule has 130 valence electrons. The van der Waals surface area contributed by atoms with E-state index in [9.17, 15) is 9.90 Å². The van der Waals surface area contributed by atoms with Crippen LogP contribution >= 0.6 is 0 Å². The van der Waals surface area contributed by atoms with E-state index in [4.69, 9.17) is 10.00 Å². The summed E-state index contributed by atoms with van der Waals surface area (Å²) < 4.78 is 5.60. The van der Waals surface area contributed by atoms with E-state index in [1.54, 1.807) is 31.2 Å². The highest BCUT2D eigenvalue weighted by atomic mass is 16.5. The fraction of sp³-hybridized carbons (Fsp3) is 0.300. The van der Waals surface area contributed by atoms with Crippen LogP contribution in [0.5, 0.6) is 5.75 Å². The van der Waals surface area contributed by atoms with Crippen LogP contribution in [0.3, 0.4) is 0 Å². The van der Waals surface area contributed by atoms with Gasteiger partial charge in [-0.3, -0.25) is 4.79 Å². The zero-order valence-electron chi connectivity index (χ0n) is 14.4. The second-order valence-electron chi connectivity index (χ2n) is 5.71. The molecule has 2 atom stereocenters. The first-order valence-electron chi connectivity index (χ1n) is 8.24. The van der Waals surface area contributed by atoms with E-state index >= 15 is 0 Å². The van der Waals surface area contributed by atoms with Gasteiger partial charge in [-0.05, 0) is 36.6 Å². The summed E-state index contributed by atoms with van der Waals surface area (Å²) >= 11 is 0. The molecule has 25 heavy (non-hydrogen) atoms. The predicted molar refractivity (Wildman–Crippen MR) is 95.0 cm³/mol. The molecule has 2 rings (SSSR count). The number of hydrogen-bond acceptors (Lipinski definition) is 4. The van der Waals surface area contributed by atoms with Gasteiger partial charge in [0.1, 0.15) is 11.8 Å². The van der Waals surface area contributed by atoms with Crippen LogP contribution in [-0.2, 0) is 11.2 Å². The quantitative estimate of drug-likeness (QED) is 0.813. The van der Waals surface area contributed by atoms with Crippen LogP contribution in [0, 0.1) is 11.3 Å². The maximum atomic E-state index is 12.4. The number of nitrogens with zero attached hydrogens (tertiary/aromatic N) is 1. The Hall–Kier alpha value is -2.84. The molecule has 0 radical (unpaired) electrons. The summed E-state index contributed by atoms with van der Waals surface area (Å²) in [5.74, 6) is 0.00635. The third kappa shape index (κ3) is 4.82. The monoisotopic (exact) mass is 338 g/mol. The number of hydrogen-bond donors (Lipinski definition) is 2. The molecule has 0 aliphatic heterocycles. The Morgan fingerprint density at radius 1 is 1.24 bits per heavy atom. The fourth-order valence-electron chi connectivity index (χ4n) is 2.41. The summed E-state index contributed by atoms with van der Waals surface area (Å²) in [7, 11) is 0. The average molecular weight is 338 g/mol. The Labute approximate surface area is 147 Å². The van der Waals surface area contributed by atoms with E-state index in [0.717, 1.165) is 12.0 Å². The molecule has 0 heterocycles. The van der Waals surface area contributed by atoms with Gasteiger partial charge in [0, 0.05) is 0 Å². The van der Waals surface area contributed by atoms with Crippen LogP contribution in [-0.4, -0.2) is 23.7 Å². The minimum atomic E-state index is -0.793. The number of nitrogens with one attached hydrogen (secondary N) is 1. The fourth-order valence-corrected chi connectivity index (χ4v) is 2.41. The van der Waals surface area contributed by atoms with Crippen molar-refractivity contribution in [2.45, 2.75) is 32.4 Å². The maximum absolute atomic E-state index is 12.4. The summed E-state index contributed by atoms with van der Waals surface area (Å²) in [5, 5.41) is 21.5. The van der Waals surface area contributed by atoms with Crippen molar-refractivity contribution < 1.29 is 14.6 Å². The van der Waals surface area contributed by atoms with Gasteiger partial charge >= 0.3 is 0 Å². The molecule has 2 N–H and O–H groups in total. The number of carbonyl (C=O) groups is 1. The van der Waals surface area contributed by atoms with Crippen molar-refractivity contribution in [3.63, 3.8) is 0 Å². The maximum Gasteiger partial charge on any atom is 0.261 e. The largest absolute Gasteiger partial charge is 0.480 e. The Bertz CT molecular complexity index is 750. The molecule has 0 aliphatic carbocycles. The Morgan fingerprint density at radius 2 is 1.92 bits per heavy atom. The molecular weight excluding hydrogens is 316 g/mol. The molecule has 0 aromatic heterocycles.